The number of carbonyl (C=O) groups excluding carboxylic acids is 4. The fourth-order valence-electron chi connectivity index (χ4n) is 3.87. The Hall–Kier alpha value is -2.34. The number of nitrogens with one attached hydrogen (secondary N) is 3. The fourth-order valence-corrected chi connectivity index (χ4v) is 4.24. The zero-order chi connectivity index (χ0) is 25.0. The van der Waals surface area contributed by atoms with Gasteiger partial charge in [-0.15, -0.1) is 0 Å². The molecule has 2 fully saturated rings. The summed E-state index contributed by atoms with van der Waals surface area (Å²) in [5.41, 5.74) is 0.132. The molecule has 2 aliphatic rings. The summed E-state index contributed by atoms with van der Waals surface area (Å²) in [7, 11) is 0.377. The van der Waals surface area contributed by atoms with Gasteiger partial charge in [-0.1, -0.05) is 37.0 Å². The number of nitrogens with zero attached hydrogens (tertiary/aromatic N) is 1. The average molecular weight is 513 g/mol. The summed E-state index contributed by atoms with van der Waals surface area (Å²) < 4.78 is 11.0. The second-order valence-corrected chi connectivity index (χ2v) is 9.55. The third-order valence-corrected chi connectivity index (χ3v) is 6.21. The molecule has 13 heteroatoms. The molecule has 3 N–H and O–H groups in total. The normalized spacial score (nSPS) is 21.8. The van der Waals surface area contributed by atoms with Gasteiger partial charge in [0.05, 0.1) is 23.1 Å². The van der Waals surface area contributed by atoms with E-state index in [-0.39, 0.29) is 23.0 Å². The summed E-state index contributed by atoms with van der Waals surface area (Å²) in [5, 5.41) is 8.76. The molecule has 0 unspecified atom stereocenters. The lowest BCUT2D eigenvalue weighted by Crippen LogP contribution is -2.66. The fraction of sp³-hybridized carbons (Fsp3) is 0.524. The maximum absolute atomic E-state index is 12.7. The Balaban J connectivity index is 1.68. The summed E-state index contributed by atoms with van der Waals surface area (Å²) in [6.45, 7) is 4.14. The van der Waals surface area contributed by atoms with Gasteiger partial charge < -0.3 is 25.3 Å². The van der Waals surface area contributed by atoms with Gasteiger partial charge in [-0.3, -0.25) is 24.1 Å². The third-order valence-electron chi connectivity index (χ3n) is 5.65. The minimum Gasteiger partial charge on any atom is -0.497 e. The number of hydrogen-bond donors (Lipinski definition) is 3. The van der Waals surface area contributed by atoms with Crippen molar-refractivity contribution in [3.63, 3.8) is 0 Å². The van der Waals surface area contributed by atoms with Gasteiger partial charge in [0, 0.05) is 18.1 Å². The van der Waals surface area contributed by atoms with Gasteiger partial charge in [0.25, 0.3) is 5.91 Å². The van der Waals surface area contributed by atoms with Crippen LogP contribution in [-0.2, 0) is 23.7 Å². The first kappa shape index (κ1) is 26.3. The zero-order valence-electron chi connectivity index (χ0n) is 19.1. The first-order valence-corrected chi connectivity index (χ1v) is 11.7. The molecule has 2 amide bonds. The zero-order valence-corrected chi connectivity index (χ0v) is 20.6. The highest BCUT2D eigenvalue weighted by molar-refractivity contribution is 6.51. The third kappa shape index (κ3) is 6.41. The minimum absolute atomic E-state index is 0.0804. The molecule has 1 aromatic carbocycles. The summed E-state index contributed by atoms with van der Waals surface area (Å²) in [6.07, 6.45) is 0.370. The van der Waals surface area contributed by atoms with Crippen LogP contribution in [-0.4, -0.2) is 80.5 Å². The van der Waals surface area contributed by atoms with Crippen LogP contribution in [0.1, 0.15) is 30.6 Å². The van der Waals surface area contributed by atoms with E-state index >= 15 is 0 Å². The molecule has 0 aromatic heterocycles. The predicted octanol–water partition coefficient (Wildman–Crippen LogP) is 0.654. The van der Waals surface area contributed by atoms with Crippen molar-refractivity contribution in [2.24, 2.45) is 5.92 Å². The van der Waals surface area contributed by atoms with Crippen LogP contribution in [0.25, 0.3) is 0 Å². The Bertz CT molecular complexity index is 939. The highest BCUT2D eigenvalue weighted by Crippen LogP contribution is 2.21. The van der Waals surface area contributed by atoms with Crippen LogP contribution in [0.15, 0.2) is 18.2 Å². The van der Waals surface area contributed by atoms with Crippen LogP contribution in [0.2, 0.25) is 10.0 Å². The molecule has 2 aliphatic heterocycles. The van der Waals surface area contributed by atoms with E-state index in [9.17, 15) is 19.2 Å². The Labute approximate surface area is 208 Å². The summed E-state index contributed by atoms with van der Waals surface area (Å²) >= 11 is 11.9. The molecule has 2 heterocycles. The lowest BCUT2D eigenvalue weighted by molar-refractivity contribution is -0.156. The van der Waals surface area contributed by atoms with E-state index in [4.69, 9.17) is 32.5 Å². The molecule has 184 valence electrons. The molecule has 10 nitrogen and oxygen atoms in total. The van der Waals surface area contributed by atoms with Crippen molar-refractivity contribution in [3.8, 4) is 0 Å². The molecule has 34 heavy (non-hydrogen) atoms. The Morgan fingerprint density at radius 3 is 2.38 bits per heavy atom. The number of rotatable bonds is 7. The maximum atomic E-state index is 12.7. The molecule has 0 spiro atoms. The quantitative estimate of drug-likeness (QED) is 0.455. The molecular formula is C21H27BCl2N4O6. The van der Waals surface area contributed by atoms with Gasteiger partial charge in [0.2, 0.25) is 5.91 Å². The number of carbonyl (C=O) groups is 4. The first-order chi connectivity index (χ1) is 16.1. The monoisotopic (exact) mass is 512 g/mol. The number of likely N-dealkylation sites (N-methyl/N-ethyl adjacent to an activating group) is 1. The van der Waals surface area contributed by atoms with Crippen molar-refractivity contribution < 1.29 is 28.5 Å². The number of hydrogen-bond acceptors (Lipinski definition) is 8. The number of amides is 2. The lowest BCUT2D eigenvalue weighted by atomic mass is 9.73. The number of fused-ring (bicyclic) bond motifs is 2. The largest absolute Gasteiger partial charge is 0.622 e. The van der Waals surface area contributed by atoms with Crippen LogP contribution in [0.5, 0.6) is 0 Å². The van der Waals surface area contributed by atoms with Gasteiger partial charge in [0.15, 0.2) is 0 Å². The van der Waals surface area contributed by atoms with Gasteiger partial charge in [-0.25, -0.2) is 0 Å². The first-order valence-electron chi connectivity index (χ1n) is 10.9. The average Bonchev–Trinajstić information content (AvgIpc) is 2.77. The number of halogens is 2. The molecule has 0 saturated carbocycles. The van der Waals surface area contributed by atoms with Gasteiger partial charge >= 0.3 is 19.1 Å². The van der Waals surface area contributed by atoms with Crippen molar-refractivity contribution in [3.05, 3.63) is 33.8 Å². The van der Waals surface area contributed by atoms with Crippen LogP contribution in [0.4, 0.5) is 0 Å². The molecule has 2 saturated heterocycles. The van der Waals surface area contributed by atoms with Gasteiger partial charge in [-0.2, -0.15) is 0 Å². The van der Waals surface area contributed by atoms with E-state index in [1.54, 1.807) is 18.0 Å². The maximum Gasteiger partial charge on any atom is 0.622 e. The Morgan fingerprint density at radius 1 is 1.18 bits per heavy atom. The van der Waals surface area contributed by atoms with Crippen molar-refractivity contribution in [1.82, 2.24) is 20.9 Å². The second kappa shape index (κ2) is 11.4. The van der Waals surface area contributed by atoms with Crippen molar-refractivity contribution in [1.29, 1.82) is 0 Å². The van der Waals surface area contributed by atoms with Crippen LogP contribution in [0, 0.1) is 5.92 Å². The Kier molecular flexibility index (Phi) is 8.80. The summed E-state index contributed by atoms with van der Waals surface area (Å²) in [5.74, 6) is -2.95. The van der Waals surface area contributed by atoms with E-state index < -0.39 is 48.9 Å². The molecule has 1 aromatic rings. The van der Waals surface area contributed by atoms with Gasteiger partial charge in [-0.05, 0) is 37.6 Å². The summed E-state index contributed by atoms with van der Waals surface area (Å²) in [4.78, 5) is 52.1. The standard InChI is InChI=1S/C21H27BCl2N4O6/c1-11(2)6-17(22-33-20(31)15-8-25-9-16(28(15)3)21(32)34-22)27-18(29)10-26-19(30)13-7-12(23)4-5-14(13)24/h4-5,7,11,15-17,25H,6,8-10H2,1-3H3,(H,26,30)(H,27,29)/t15-,16-,17+/m1/s1. The SMILES string of the molecule is CC(C)C[C@H](NC(=O)CNC(=O)c1cc(Cl)ccc1Cl)B1OC(=O)[C@H]2CNC[C@H](C(=O)O1)N2C. The van der Waals surface area contributed by atoms with Crippen molar-refractivity contribution in [2.75, 3.05) is 26.7 Å². The van der Waals surface area contributed by atoms with Crippen LogP contribution in [0.3, 0.4) is 0 Å². The topological polar surface area (TPSA) is 126 Å². The Morgan fingerprint density at radius 2 is 1.79 bits per heavy atom. The number of piperazine rings is 1. The highest BCUT2D eigenvalue weighted by Gasteiger charge is 2.48. The van der Waals surface area contributed by atoms with Crippen molar-refractivity contribution in [2.45, 2.75) is 38.3 Å². The van der Waals surface area contributed by atoms with E-state index in [1.807, 2.05) is 13.8 Å². The molecule has 3 atom stereocenters. The van der Waals surface area contributed by atoms with E-state index in [2.05, 4.69) is 16.0 Å². The molecule has 0 aliphatic carbocycles. The minimum atomic E-state index is -1.29. The number of benzene rings is 1. The molecule has 3 rings (SSSR count). The van der Waals surface area contributed by atoms with Gasteiger partial charge in [0.1, 0.15) is 12.1 Å². The molecule has 0 radical (unpaired) electrons. The smallest absolute Gasteiger partial charge is 0.497 e. The van der Waals surface area contributed by atoms with E-state index in [1.165, 1.54) is 12.1 Å². The van der Waals surface area contributed by atoms with E-state index in [0.29, 0.717) is 24.5 Å². The molecular weight excluding hydrogens is 486 g/mol. The van der Waals surface area contributed by atoms with E-state index in [0.717, 1.165) is 0 Å². The highest BCUT2D eigenvalue weighted by atomic mass is 35.5. The van der Waals surface area contributed by atoms with Crippen LogP contribution < -0.4 is 16.0 Å². The second-order valence-electron chi connectivity index (χ2n) is 8.71. The predicted molar refractivity (Wildman–Crippen MR) is 126 cm³/mol. The van der Waals surface area contributed by atoms with Crippen molar-refractivity contribution >= 4 is 54.1 Å². The lowest BCUT2D eigenvalue weighted by Gasteiger charge is -2.40. The van der Waals surface area contributed by atoms with Crippen LogP contribution >= 0.6 is 23.2 Å². The summed E-state index contributed by atoms with van der Waals surface area (Å²) in [6, 6.07) is 3.13. The molecule has 2 bridgehead atoms.